The lowest BCUT2D eigenvalue weighted by Gasteiger charge is -2.42. The number of aromatic amines is 1. The Morgan fingerprint density at radius 1 is 0.826 bits per heavy atom. The number of aromatic hydroxyl groups is 1. The minimum atomic E-state index is -4.76. The molecule has 0 unspecified atom stereocenters. The number of amides is 11. The summed E-state index contributed by atoms with van der Waals surface area (Å²) in [5.41, 5.74) is 11.1. The SMILES string of the molecule is COc1cc2cc(c1Cl)N(C)C(=O)C[C@H](OC(=O)[C@H](C)N(C)C(=O)CCSSC(C)(C)[C@H](NC(=O)[C@@H]1CSSC[C@H](NC(=O)[C@@H](Cc3ccccc3)NS(=O)(=O)Cc3ccc(C(F)(F)F)cc3)C(=O)N[C@@H](Cc3ccc(O)cc3)C(=O)N[C@H](Cc3c[nH]c4ccccc34)C(=O)N[C@@H](CCCCN)C(=O)N[C@@H]([C@@H](C)O)C(=O)N1)C(N)=O)[C@]1(C)O[C@H]1[C@H](C)[C@@H]1C[C@@](O)(NC(=O)O1)[C@H](OC)/C=C/C=C(\C)C2. The average molecular weight is 2040 g/mol. The zero-order valence-electron chi connectivity index (χ0n) is 77.7. The highest BCUT2D eigenvalue weighted by Crippen LogP contribution is 2.50. The second kappa shape index (κ2) is 48.5. The zero-order chi connectivity index (χ0) is 101. The summed E-state index contributed by atoms with van der Waals surface area (Å²) in [6.07, 6.45) is -6.45. The monoisotopic (exact) mass is 2030 g/mol. The number of benzene rings is 5. The Labute approximate surface area is 817 Å². The van der Waals surface area contributed by atoms with Crippen LogP contribution in [0.3, 0.4) is 0 Å². The Balaban J connectivity index is 0.904. The maximum absolute atomic E-state index is 15.5. The van der Waals surface area contributed by atoms with E-state index in [2.05, 4.69) is 52.2 Å². The smallest absolute Gasteiger partial charge is 0.416 e. The topological polar surface area (TPSA) is 532 Å². The number of rotatable bonds is 31. The van der Waals surface area contributed by atoms with Crippen molar-refractivity contribution >= 4 is 153 Å². The van der Waals surface area contributed by atoms with Gasteiger partial charge in [-0.2, -0.15) is 13.2 Å². The normalized spacial score (nSPS) is 25.1. The number of hydrogen-bond acceptors (Lipinski definition) is 27. The number of alkyl carbamates (subject to hydrolysis) is 1. The third kappa shape index (κ3) is 29.5. The number of aliphatic hydroxyl groups is 2. The molecule has 10 rings (SSSR count). The number of para-hydroxylation sites is 1. The number of unbranched alkanes of at least 4 members (excludes halogenated alkanes) is 1. The van der Waals surface area contributed by atoms with Crippen LogP contribution in [0.2, 0.25) is 5.02 Å². The molecule has 0 spiro atoms. The van der Waals surface area contributed by atoms with E-state index in [4.69, 9.17) is 46.8 Å². The fourth-order valence-electron chi connectivity index (χ4n) is 16.1. The molecule has 45 heteroatoms. The number of nitrogens with one attached hydrogen (secondary N) is 10. The first kappa shape index (κ1) is 109. The number of ether oxygens (including phenoxy) is 5. The first-order valence-corrected chi connectivity index (χ1v) is 51.2. The van der Waals surface area contributed by atoms with E-state index in [0.717, 1.165) is 72.7 Å². The molecule has 4 bridgehead atoms. The number of epoxide rings is 1. The lowest BCUT2D eigenvalue weighted by Crippen LogP contribution is -2.63. The van der Waals surface area contributed by atoms with Crippen molar-refractivity contribution in [3.8, 4) is 11.5 Å². The molecule has 11 amide bonds. The molecule has 17 atom stereocenters. The third-order valence-corrected chi connectivity index (χ3v) is 31.7. The van der Waals surface area contributed by atoms with Crippen LogP contribution in [0.5, 0.6) is 11.5 Å². The number of carbonyl (C=O) groups excluding carboxylic acids is 12. The number of hydrogen-bond donors (Lipinski definition) is 15. The molecule has 5 heterocycles. The van der Waals surface area contributed by atoms with Crippen molar-refractivity contribution in [2.75, 3.05) is 57.0 Å². The lowest BCUT2D eigenvalue weighted by molar-refractivity contribution is -0.162. The fourth-order valence-corrected chi connectivity index (χ4v) is 22.7. The van der Waals surface area contributed by atoms with Gasteiger partial charge in [0.1, 0.15) is 94.8 Å². The van der Waals surface area contributed by atoms with Crippen molar-refractivity contribution < 1.29 is 118 Å². The molecule has 750 valence electrons. The van der Waals surface area contributed by atoms with Crippen LogP contribution >= 0.6 is 54.8 Å². The molecule has 1 aromatic heterocycles. The summed E-state index contributed by atoms with van der Waals surface area (Å²) in [4.78, 5) is 183. The summed E-state index contributed by atoms with van der Waals surface area (Å²) in [6, 6.07) is 12.1. The number of carbonyl (C=O) groups is 12. The van der Waals surface area contributed by atoms with Crippen molar-refractivity contribution in [1.82, 2.24) is 57.1 Å². The molecular weight excluding hydrogens is 1920 g/mol. The minimum Gasteiger partial charge on any atom is -0.508 e. The van der Waals surface area contributed by atoms with Crippen molar-refractivity contribution in [3.05, 3.63) is 184 Å². The molecule has 5 aromatic carbocycles. The second-order valence-electron chi connectivity index (χ2n) is 35.1. The number of aliphatic hydroxyl groups excluding tert-OH is 1. The molecule has 17 N–H and O–H groups in total. The Morgan fingerprint density at radius 2 is 1.47 bits per heavy atom. The van der Waals surface area contributed by atoms with Crippen LogP contribution < -0.4 is 68.4 Å². The highest BCUT2D eigenvalue weighted by Gasteiger charge is 2.65. The number of alkyl halides is 3. The number of allylic oxidation sites excluding steroid dienone is 3. The number of methoxy groups -OCH3 is 2. The number of likely N-dealkylation sites (N-methyl/N-ethyl adjacent to an activating group) is 1. The third-order valence-electron chi connectivity index (χ3n) is 24.2. The highest BCUT2D eigenvalue weighted by atomic mass is 35.5. The maximum Gasteiger partial charge on any atom is 0.416 e. The summed E-state index contributed by atoms with van der Waals surface area (Å²) in [6.45, 7) is 10.9. The van der Waals surface area contributed by atoms with Crippen molar-refractivity contribution in [2.24, 2.45) is 17.4 Å². The number of anilines is 1. The van der Waals surface area contributed by atoms with E-state index < -0.39 is 223 Å². The van der Waals surface area contributed by atoms with E-state index in [1.165, 1.54) is 78.3 Å². The van der Waals surface area contributed by atoms with Crippen molar-refractivity contribution in [2.45, 2.75) is 226 Å². The summed E-state index contributed by atoms with van der Waals surface area (Å²) in [5.74, 6) is -13.4. The Hall–Kier alpha value is -10.6. The van der Waals surface area contributed by atoms with E-state index in [9.17, 15) is 70.5 Å². The van der Waals surface area contributed by atoms with Crippen LogP contribution in [-0.4, -0.2) is 258 Å². The highest BCUT2D eigenvalue weighted by molar-refractivity contribution is 8.77. The average Bonchev–Trinajstić information content (AvgIpc) is 1.57. The quantitative estimate of drug-likeness (QED) is 0.00986. The number of esters is 1. The molecule has 0 saturated carbocycles. The molecule has 3 fully saturated rings. The number of halogens is 4. The van der Waals surface area contributed by atoms with Crippen molar-refractivity contribution in [1.29, 1.82) is 0 Å². The van der Waals surface area contributed by atoms with Crippen LogP contribution in [0.1, 0.15) is 120 Å². The number of aromatic nitrogens is 1. The van der Waals surface area contributed by atoms with E-state index >= 15 is 24.0 Å². The molecule has 4 aliphatic heterocycles. The Bertz CT molecular complexity index is 5560. The van der Waals surface area contributed by atoms with Gasteiger partial charge in [0, 0.05) is 91.9 Å². The Kier molecular flexibility index (Phi) is 38.4. The number of nitrogens with zero attached hydrogens (tertiary/aromatic N) is 2. The number of fused-ring (bicyclic) bond motifs is 6. The lowest BCUT2D eigenvalue weighted by atomic mass is 9.83. The van der Waals surface area contributed by atoms with Gasteiger partial charge in [-0.25, -0.2) is 22.7 Å². The van der Waals surface area contributed by atoms with Crippen LogP contribution in [0, 0.1) is 5.92 Å². The molecule has 4 aliphatic rings. The first-order chi connectivity index (χ1) is 65.1. The predicted octanol–water partition coefficient (Wildman–Crippen LogP) is 6.27. The number of H-pyrrole nitrogens is 1. The molecule has 0 aliphatic carbocycles. The van der Waals surface area contributed by atoms with Gasteiger partial charge in [-0.3, -0.25) is 53.3 Å². The second-order valence-corrected chi connectivity index (χ2v) is 42.9. The van der Waals surface area contributed by atoms with Gasteiger partial charge in [0.25, 0.3) is 0 Å². The number of phenolic OH excluding ortho intramolecular Hbond substituents is 1. The van der Waals surface area contributed by atoms with Crippen LogP contribution in [0.15, 0.2) is 145 Å². The van der Waals surface area contributed by atoms with Crippen LogP contribution in [0.25, 0.3) is 10.9 Å². The van der Waals surface area contributed by atoms with Gasteiger partial charge < -0.3 is 102 Å². The van der Waals surface area contributed by atoms with Gasteiger partial charge >= 0.3 is 18.2 Å². The first-order valence-electron chi connectivity index (χ1n) is 44.4. The zero-order valence-corrected chi connectivity index (χ0v) is 82.6. The summed E-state index contributed by atoms with van der Waals surface area (Å²) >= 11 is 6.91. The van der Waals surface area contributed by atoms with Crippen molar-refractivity contribution in [3.63, 3.8) is 0 Å². The predicted molar refractivity (Wildman–Crippen MR) is 517 cm³/mol. The van der Waals surface area contributed by atoms with E-state index in [1.807, 2.05) is 6.92 Å². The molecular formula is C93H118ClF3N14O22S5. The number of sulfonamides is 1. The number of nitrogens with two attached hydrogens (primary N) is 2. The van der Waals surface area contributed by atoms with Gasteiger partial charge in [0.15, 0.2) is 5.72 Å². The van der Waals surface area contributed by atoms with E-state index in [-0.39, 0.29) is 85.0 Å². The van der Waals surface area contributed by atoms with Crippen LogP contribution in [0.4, 0.5) is 23.7 Å². The van der Waals surface area contributed by atoms with E-state index in [0.29, 0.717) is 58.1 Å². The van der Waals surface area contributed by atoms with Crippen LogP contribution in [-0.2, 0) is 119 Å². The van der Waals surface area contributed by atoms with Gasteiger partial charge in [-0.05, 0) is 150 Å². The molecule has 6 aromatic rings. The standard InChI is InChI=1S/C93H118ClF3N14O22S5/c1-50-20-19-26-72(130-11)92(126)45-71(131-89(125)108-92)51(2)79-91(7,133-79)73(44-75(115)111(9)69-41-57(38-50)42-70(129-10)76(69)94)132-88(124)52(3)110(8)74(114)35-37-134-137-90(5,6)78(80(99)116)107-86(122)68-48-136-135-47-67(104-84(120)66(40-54-21-13-12-14-22-54)109-138(127,128)49-56-27-31-59(32-28-56)93(95,96)97)85(121)102-64(39-55-29-33-60(113)34-30-55)82(118)103-65(43-58-46-100-62-24-16-15-23-61(58)62)83(119)101-63(25-17-18-36-98)81(117)106-77(53(4)112)87(123)105-68/h12-16,19-24,26-34,41-42,46,51-53,63-68,71-73,77-79,100,109,112-113,126H,17-18,25,35-40,43-45,47-49,98H2,1-11H3,(H2,99,116)(H,101,119)(H,102,121)(H,103,118)(H,104,120)(H,105,123)(H,106,117)(H,107,122)(H,108,125)/b26-19+,50-20+/t51-,52+,53-,63+,64+,65-,66-,67+,68+,71+,72-,73+,77+,78-,79+,91+,92+/m1/s1. The van der Waals surface area contributed by atoms with Gasteiger partial charge in [0.05, 0.1) is 42.7 Å². The number of phenols is 1. The van der Waals surface area contributed by atoms with Gasteiger partial charge in [-0.1, -0.05) is 158 Å². The van der Waals surface area contributed by atoms with Gasteiger partial charge in [0.2, 0.25) is 69.1 Å². The summed E-state index contributed by atoms with van der Waals surface area (Å²) in [7, 11) is 4.59. The summed E-state index contributed by atoms with van der Waals surface area (Å²) in [5, 5.41) is 55.6. The molecule has 138 heavy (non-hydrogen) atoms. The molecule has 36 nitrogen and oxygen atoms in total. The molecule has 3 saturated heterocycles. The van der Waals surface area contributed by atoms with E-state index in [1.54, 1.807) is 105 Å². The fraction of sp³-hybridized carbons (Fsp3) is 0.484. The largest absolute Gasteiger partial charge is 0.508 e. The number of primary amides is 1. The summed E-state index contributed by atoms with van der Waals surface area (Å²) < 4.78 is 100. The maximum atomic E-state index is 15.5. The molecule has 0 radical (unpaired) electrons. The van der Waals surface area contributed by atoms with Gasteiger partial charge in [-0.15, -0.1) is 0 Å². The minimum absolute atomic E-state index is 0.0152. The Morgan fingerprint density at radius 3 is 2.13 bits per heavy atom.